The third-order valence-electron chi connectivity index (χ3n) is 4.70. The molecule has 9 heteroatoms. The Kier molecular flexibility index (Phi) is 4.98. The third kappa shape index (κ3) is 3.56. The lowest BCUT2D eigenvalue weighted by Crippen LogP contribution is -2.47. The van der Waals surface area contributed by atoms with Crippen LogP contribution in [0.15, 0.2) is 42.6 Å². The van der Waals surface area contributed by atoms with Gasteiger partial charge in [-0.3, -0.25) is 9.78 Å². The number of carbonyl (C=O) groups excluding carboxylic acids is 1. The van der Waals surface area contributed by atoms with Gasteiger partial charge >= 0.3 is 0 Å². The summed E-state index contributed by atoms with van der Waals surface area (Å²) in [4.78, 5) is 21.4. The van der Waals surface area contributed by atoms with Crippen molar-refractivity contribution < 1.29 is 9.53 Å². The molecule has 0 N–H and O–H groups in total. The summed E-state index contributed by atoms with van der Waals surface area (Å²) >= 11 is 0. The van der Waals surface area contributed by atoms with Gasteiger partial charge in [-0.1, -0.05) is 6.07 Å². The molecule has 0 bridgehead atoms. The minimum atomic E-state index is -0.0921. The topological polar surface area (TPSA) is 89.3 Å². The second-order valence-electron chi connectivity index (χ2n) is 6.57. The number of rotatable bonds is 4. The van der Waals surface area contributed by atoms with Crippen molar-refractivity contribution in [3.05, 3.63) is 48.3 Å². The number of nitrogens with zero attached hydrogens (tertiary/aromatic N) is 7. The summed E-state index contributed by atoms with van der Waals surface area (Å²) in [6, 6.07) is 10.8. The van der Waals surface area contributed by atoms with Crippen LogP contribution in [0.1, 0.15) is 10.5 Å². The molecule has 144 valence electrons. The lowest BCUT2D eigenvalue weighted by Gasteiger charge is -2.31. The smallest absolute Gasteiger partial charge is 0.274 e. The summed E-state index contributed by atoms with van der Waals surface area (Å²) in [7, 11) is 3.59. The molecule has 4 heterocycles. The molecule has 0 saturated carbocycles. The molecule has 1 fully saturated rings. The summed E-state index contributed by atoms with van der Waals surface area (Å²) in [5.41, 5.74) is 1.74. The Hall–Kier alpha value is -3.33. The molecule has 0 unspecified atom stereocenters. The zero-order valence-corrected chi connectivity index (χ0v) is 15.8. The van der Waals surface area contributed by atoms with Gasteiger partial charge in [0.2, 0.25) is 5.88 Å². The molecule has 1 saturated heterocycles. The third-order valence-corrected chi connectivity index (χ3v) is 4.70. The zero-order valence-electron chi connectivity index (χ0n) is 15.8. The molecule has 3 aromatic heterocycles. The first kappa shape index (κ1) is 18.1. The van der Waals surface area contributed by atoms with Gasteiger partial charge in [-0.2, -0.15) is 5.10 Å². The number of amides is 1. The van der Waals surface area contributed by atoms with E-state index in [9.17, 15) is 4.79 Å². The maximum Gasteiger partial charge on any atom is 0.274 e. The first-order chi connectivity index (χ1) is 13.7. The molecule has 28 heavy (non-hydrogen) atoms. The zero-order chi connectivity index (χ0) is 19.5. The fourth-order valence-corrected chi connectivity index (χ4v) is 3.06. The van der Waals surface area contributed by atoms with Crippen LogP contribution in [0.25, 0.3) is 17.2 Å². The van der Waals surface area contributed by atoms with Crippen LogP contribution in [0.5, 0.6) is 5.88 Å². The molecule has 0 spiro atoms. The normalized spacial score (nSPS) is 14.9. The lowest BCUT2D eigenvalue weighted by atomic mass is 10.2. The summed E-state index contributed by atoms with van der Waals surface area (Å²) in [5.74, 6) is 0.799. The van der Waals surface area contributed by atoms with Crippen molar-refractivity contribution in [1.82, 2.24) is 34.8 Å². The predicted molar refractivity (Wildman–Crippen MR) is 102 cm³/mol. The molecule has 1 amide bonds. The Labute approximate surface area is 162 Å². The van der Waals surface area contributed by atoms with Crippen molar-refractivity contribution in [2.24, 2.45) is 0 Å². The number of piperazine rings is 1. The Morgan fingerprint density at radius 2 is 1.89 bits per heavy atom. The first-order valence-electron chi connectivity index (χ1n) is 9.03. The molecule has 0 aromatic carbocycles. The maximum atomic E-state index is 13.0. The van der Waals surface area contributed by atoms with E-state index >= 15 is 0 Å². The van der Waals surface area contributed by atoms with Crippen LogP contribution in [0.2, 0.25) is 0 Å². The molecule has 0 atom stereocenters. The van der Waals surface area contributed by atoms with Gasteiger partial charge in [0.25, 0.3) is 5.91 Å². The Morgan fingerprint density at radius 3 is 2.54 bits per heavy atom. The van der Waals surface area contributed by atoms with E-state index in [1.807, 2.05) is 23.1 Å². The number of pyridine rings is 1. The summed E-state index contributed by atoms with van der Waals surface area (Å²) in [6.45, 7) is 3.07. The van der Waals surface area contributed by atoms with Crippen molar-refractivity contribution in [3.8, 4) is 23.1 Å². The van der Waals surface area contributed by atoms with E-state index in [2.05, 4.69) is 32.2 Å². The highest BCUT2D eigenvalue weighted by molar-refractivity contribution is 5.93. The minimum Gasteiger partial charge on any atom is -0.480 e. The largest absolute Gasteiger partial charge is 0.480 e. The Bertz CT molecular complexity index is 948. The number of aromatic nitrogens is 5. The van der Waals surface area contributed by atoms with E-state index < -0.39 is 0 Å². The average molecular weight is 379 g/mol. The Balaban J connectivity index is 1.72. The Morgan fingerprint density at radius 1 is 1.07 bits per heavy atom. The van der Waals surface area contributed by atoms with Gasteiger partial charge in [-0.15, -0.1) is 10.2 Å². The fraction of sp³-hybridized carbons (Fsp3) is 0.316. The van der Waals surface area contributed by atoms with E-state index in [4.69, 9.17) is 4.74 Å². The number of carbonyl (C=O) groups is 1. The van der Waals surface area contributed by atoms with Crippen molar-refractivity contribution in [1.29, 1.82) is 0 Å². The summed E-state index contributed by atoms with van der Waals surface area (Å²) in [5, 5.41) is 12.7. The van der Waals surface area contributed by atoms with Gasteiger partial charge in [0.1, 0.15) is 0 Å². The van der Waals surface area contributed by atoms with E-state index in [0.717, 1.165) is 13.1 Å². The molecule has 0 aliphatic carbocycles. The van der Waals surface area contributed by atoms with Crippen LogP contribution in [0.4, 0.5) is 0 Å². The standard InChI is InChI=1S/C19H21N7O2/c1-24-9-11-25(12-10-24)19(27)15-13-16(14-5-3-4-8-20-14)26(23-15)17-6-7-18(28-2)22-21-17/h3-8,13H,9-12H2,1-2H3. The summed E-state index contributed by atoms with van der Waals surface area (Å²) < 4.78 is 6.67. The molecular weight excluding hydrogens is 358 g/mol. The van der Waals surface area contributed by atoms with E-state index in [1.165, 1.54) is 7.11 Å². The fourth-order valence-electron chi connectivity index (χ4n) is 3.06. The molecule has 4 rings (SSSR count). The molecule has 0 radical (unpaired) electrons. The molecule has 9 nitrogen and oxygen atoms in total. The van der Waals surface area contributed by atoms with Crippen LogP contribution >= 0.6 is 0 Å². The van der Waals surface area contributed by atoms with Crippen LogP contribution in [0, 0.1) is 0 Å². The van der Waals surface area contributed by atoms with Gasteiger partial charge in [0.15, 0.2) is 11.5 Å². The predicted octanol–water partition coefficient (Wildman–Crippen LogP) is 1.12. The van der Waals surface area contributed by atoms with E-state index in [-0.39, 0.29) is 5.91 Å². The molecule has 1 aliphatic rings. The first-order valence-corrected chi connectivity index (χ1v) is 9.03. The highest BCUT2D eigenvalue weighted by Gasteiger charge is 2.25. The second-order valence-corrected chi connectivity index (χ2v) is 6.57. The number of likely N-dealkylation sites (N-methyl/N-ethyl adjacent to an activating group) is 1. The van der Waals surface area contributed by atoms with Crippen molar-refractivity contribution in [3.63, 3.8) is 0 Å². The average Bonchev–Trinajstić information content (AvgIpc) is 3.20. The van der Waals surface area contributed by atoms with Crippen LogP contribution in [0.3, 0.4) is 0 Å². The SMILES string of the molecule is COc1ccc(-n2nc(C(=O)N3CCN(C)CC3)cc2-c2ccccn2)nn1. The van der Waals surface area contributed by atoms with Crippen molar-refractivity contribution in [2.75, 3.05) is 40.3 Å². The van der Waals surface area contributed by atoms with Gasteiger partial charge in [0.05, 0.1) is 18.5 Å². The number of methoxy groups -OCH3 is 1. The number of ether oxygens (including phenoxy) is 1. The molecular formula is C19H21N7O2. The van der Waals surface area contributed by atoms with Gasteiger partial charge in [-0.25, -0.2) is 4.68 Å². The maximum absolute atomic E-state index is 13.0. The van der Waals surface area contributed by atoms with Crippen LogP contribution in [-0.2, 0) is 0 Å². The van der Waals surface area contributed by atoms with E-state index in [1.54, 1.807) is 29.1 Å². The highest BCUT2D eigenvalue weighted by atomic mass is 16.5. The van der Waals surface area contributed by atoms with Gasteiger partial charge in [0, 0.05) is 38.4 Å². The molecule has 3 aromatic rings. The lowest BCUT2D eigenvalue weighted by molar-refractivity contribution is 0.0657. The van der Waals surface area contributed by atoms with Crippen molar-refractivity contribution >= 4 is 5.91 Å². The number of hydrogen-bond acceptors (Lipinski definition) is 7. The van der Waals surface area contributed by atoms with Crippen LogP contribution in [-0.4, -0.2) is 81.0 Å². The minimum absolute atomic E-state index is 0.0921. The quantitative estimate of drug-likeness (QED) is 0.671. The van der Waals surface area contributed by atoms with Gasteiger partial charge in [-0.05, 0) is 31.3 Å². The second kappa shape index (κ2) is 7.73. The highest BCUT2D eigenvalue weighted by Crippen LogP contribution is 2.22. The van der Waals surface area contributed by atoms with Gasteiger partial charge < -0.3 is 14.5 Å². The van der Waals surface area contributed by atoms with Crippen molar-refractivity contribution in [2.45, 2.75) is 0 Å². The van der Waals surface area contributed by atoms with E-state index in [0.29, 0.717) is 41.9 Å². The summed E-state index contributed by atoms with van der Waals surface area (Å²) in [6.07, 6.45) is 1.70. The number of hydrogen-bond donors (Lipinski definition) is 0. The molecule has 1 aliphatic heterocycles. The van der Waals surface area contributed by atoms with Crippen LogP contribution < -0.4 is 4.74 Å². The monoisotopic (exact) mass is 379 g/mol.